The van der Waals surface area contributed by atoms with Crippen LogP contribution in [0.4, 0.5) is 0 Å². The van der Waals surface area contributed by atoms with Gasteiger partial charge in [-0.2, -0.15) is 0 Å². The molecule has 0 spiro atoms. The minimum atomic E-state index is -0.0767. The average molecular weight is 457 g/mol. The lowest BCUT2D eigenvalue weighted by atomic mass is 10.0. The predicted molar refractivity (Wildman–Crippen MR) is 138 cm³/mol. The van der Waals surface area contributed by atoms with Gasteiger partial charge in [-0.25, -0.2) is 0 Å². The molecule has 0 aliphatic rings. The number of quaternary nitrogens is 1. The van der Waals surface area contributed by atoms with E-state index in [0.29, 0.717) is 17.6 Å². The third kappa shape index (κ3) is 24.0. The molecule has 0 aromatic rings. The van der Waals surface area contributed by atoms with E-state index in [4.69, 9.17) is 9.84 Å². The van der Waals surface area contributed by atoms with E-state index < -0.39 is 0 Å². The monoisotopic (exact) mass is 456 g/mol. The summed E-state index contributed by atoms with van der Waals surface area (Å²) >= 11 is 0. The van der Waals surface area contributed by atoms with Crippen LogP contribution in [0.5, 0.6) is 0 Å². The lowest BCUT2D eigenvalue weighted by Gasteiger charge is -2.28. The molecule has 0 fully saturated rings. The van der Waals surface area contributed by atoms with Crippen molar-refractivity contribution in [2.45, 2.75) is 142 Å². The van der Waals surface area contributed by atoms with E-state index in [1.54, 1.807) is 0 Å². The molecule has 0 aromatic carbocycles. The van der Waals surface area contributed by atoms with Crippen LogP contribution in [-0.2, 0) is 9.53 Å². The van der Waals surface area contributed by atoms with Gasteiger partial charge in [-0.05, 0) is 6.42 Å². The van der Waals surface area contributed by atoms with Crippen LogP contribution in [0.25, 0.3) is 0 Å². The van der Waals surface area contributed by atoms with Crippen molar-refractivity contribution >= 4 is 5.97 Å². The Balaban J connectivity index is 3.24. The first-order chi connectivity index (χ1) is 15.5. The highest BCUT2D eigenvalue weighted by atomic mass is 16.5. The van der Waals surface area contributed by atoms with E-state index in [0.717, 1.165) is 25.8 Å². The summed E-state index contributed by atoms with van der Waals surface area (Å²) in [5.41, 5.74) is 0. The number of carbonyl (C=O) groups excluding carboxylic acids is 1. The molecule has 0 rings (SSSR count). The van der Waals surface area contributed by atoms with E-state index in [1.807, 2.05) is 14.1 Å². The zero-order valence-electron chi connectivity index (χ0n) is 22.2. The van der Waals surface area contributed by atoms with Crippen LogP contribution in [-0.4, -0.2) is 49.5 Å². The van der Waals surface area contributed by atoms with Gasteiger partial charge in [0.25, 0.3) is 0 Å². The van der Waals surface area contributed by atoms with Crippen LogP contribution in [0.3, 0.4) is 0 Å². The molecule has 0 aliphatic carbocycles. The van der Waals surface area contributed by atoms with Gasteiger partial charge in [-0.15, -0.1) is 0 Å². The second-order valence-electron chi connectivity index (χ2n) is 10.5. The summed E-state index contributed by atoms with van der Waals surface area (Å²) in [6, 6.07) is 0. The molecule has 0 amide bonds. The maximum atomic E-state index is 11.9. The number of ether oxygens (including phenoxy) is 1. The molecular formula is C28H58NO3+. The number of esters is 1. The van der Waals surface area contributed by atoms with Crippen molar-refractivity contribution in [3.63, 3.8) is 0 Å². The normalized spacial score (nSPS) is 11.8. The van der Waals surface area contributed by atoms with Gasteiger partial charge in [0.05, 0.1) is 20.6 Å². The Morgan fingerprint density at radius 3 is 1.38 bits per heavy atom. The molecule has 0 radical (unpaired) electrons. The molecule has 192 valence electrons. The summed E-state index contributed by atoms with van der Waals surface area (Å²) in [7, 11) is 4.06. The first-order valence-corrected chi connectivity index (χ1v) is 14.1. The molecule has 1 N–H and O–H groups in total. The van der Waals surface area contributed by atoms with Crippen LogP contribution in [0.2, 0.25) is 0 Å². The molecule has 0 aromatic heterocycles. The van der Waals surface area contributed by atoms with Gasteiger partial charge in [0.15, 0.2) is 0 Å². The van der Waals surface area contributed by atoms with E-state index in [-0.39, 0.29) is 12.6 Å². The number of rotatable bonds is 25. The Labute approximate surface area is 201 Å². The van der Waals surface area contributed by atoms with Gasteiger partial charge in [-0.3, -0.25) is 9.28 Å². The smallest absolute Gasteiger partial charge is 0.310 e. The molecule has 32 heavy (non-hydrogen) atoms. The molecule has 0 saturated heterocycles. The highest BCUT2D eigenvalue weighted by Crippen LogP contribution is 2.15. The van der Waals surface area contributed by atoms with Gasteiger partial charge in [0.1, 0.15) is 0 Å². The highest BCUT2D eigenvalue weighted by molar-refractivity contribution is 5.69. The topological polar surface area (TPSA) is 46.5 Å². The molecule has 0 heterocycles. The minimum Gasteiger partial charge on any atom is -0.415 e. The van der Waals surface area contributed by atoms with Crippen molar-refractivity contribution in [1.29, 1.82) is 0 Å². The Bertz CT molecular complexity index is 398. The fourth-order valence-corrected chi connectivity index (χ4v) is 4.23. The van der Waals surface area contributed by atoms with Crippen LogP contribution >= 0.6 is 0 Å². The fraction of sp³-hybridized carbons (Fsp3) is 0.964. The van der Waals surface area contributed by atoms with E-state index in [2.05, 4.69) is 6.92 Å². The van der Waals surface area contributed by atoms with Crippen molar-refractivity contribution in [2.24, 2.45) is 0 Å². The van der Waals surface area contributed by atoms with Crippen molar-refractivity contribution < 1.29 is 19.1 Å². The Morgan fingerprint density at radius 2 is 1.00 bits per heavy atom. The zero-order chi connectivity index (χ0) is 23.8. The molecule has 0 saturated carbocycles. The zero-order valence-corrected chi connectivity index (χ0v) is 22.2. The molecule has 0 unspecified atom stereocenters. The van der Waals surface area contributed by atoms with Gasteiger partial charge in [0.2, 0.25) is 6.73 Å². The van der Waals surface area contributed by atoms with Crippen LogP contribution in [0.1, 0.15) is 142 Å². The third-order valence-electron chi connectivity index (χ3n) is 6.48. The van der Waals surface area contributed by atoms with Crippen molar-refractivity contribution in [1.82, 2.24) is 0 Å². The van der Waals surface area contributed by atoms with Crippen LogP contribution < -0.4 is 0 Å². The predicted octanol–water partition coefficient (Wildman–Crippen LogP) is 7.77. The SMILES string of the molecule is CCCCCCCCCCCCCCCCCCCCCC(=O)OC[N+](C)(C)CCCO. The number of unbranched alkanes of at least 4 members (excludes halogenated alkanes) is 18. The summed E-state index contributed by atoms with van der Waals surface area (Å²) in [5.74, 6) is -0.0767. The summed E-state index contributed by atoms with van der Waals surface area (Å²) in [6.45, 7) is 3.70. The number of nitrogens with zero attached hydrogens (tertiary/aromatic N) is 1. The summed E-state index contributed by atoms with van der Waals surface area (Å²) < 4.78 is 6.01. The molecular weight excluding hydrogens is 398 g/mol. The number of hydrogen-bond acceptors (Lipinski definition) is 3. The lowest BCUT2D eigenvalue weighted by Crippen LogP contribution is -2.43. The van der Waals surface area contributed by atoms with E-state index in [9.17, 15) is 4.79 Å². The third-order valence-corrected chi connectivity index (χ3v) is 6.48. The van der Waals surface area contributed by atoms with Gasteiger partial charge < -0.3 is 9.84 Å². The van der Waals surface area contributed by atoms with Crippen molar-refractivity contribution in [3.05, 3.63) is 0 Å². The maximum Gasteiger partial charge on any atom is 0.310 e. The summed E-state index contributed by atoms with van der Waals surface area (Å²) in [6.07, 6.45) is 27.2. The summed E-state index contributed by atoms with van der Waals surface area (Å²) in [4.78, 5) is 11.9. The molecule has 4 nitrogen and oxygen atoms in total. The molecule has 0 atom stereocenters. The van der Waals surface area contributed by atoms with Gasteiger partial charge in [0, 0.05) is 19.4 Å². The largest absolute Gasteiger partial charge is 0.415 e. The Kier molecular flexibility index (Phi) is 23.1. The van der Waals surface area contributed by atoms with Gasteiger partial charge >= 0.3 is 5.97 Å². The van der Waals surface area contributed by atoms with Gasteiger partial charge in [-0.1, -0.05) is 122 Å². The van der Waals surface area contributed by atoms with Crippen molar-refractivity contribution in [3.8, 4) is 0 Å². The Hall–Kier alpha value is -0.610. The standard InChI is InChI=1S/C28H58NO3/c1-4-5-6-7-8-9-10-11-12-13-14-15-16-17-18-19-20-21-22-24-28(31)32-27-29(2,3)25-23-26-30/h30H,4-27H2,1-3H3/q+1. The van der Waals surface area contributed by atoms with Crippen LogP contribution in [0, 0.1) is 0 Å². The number of aliphatic hydroxyl groups is 1. The molecule has 0 bridgehead atoms. The number of aliphatic hydroxyl groups excluding tert-OH is 1. The number of hydrogen-bond donors (Lipinski definition) is 1. The van der Waals surface area contributed by atoms with E-state index in [1.165, 1.54) is 109 Å². The highest BCUT2D eigenvalue weighted by Gasteiger charge is 2.16. The fourth-order valence-electron chi connectivity index (χ4n) is 4.23. The van der Waals surface area contributed by atoms with E-state index >= 15 is 0 Å². The first-order valence-electron chi connectivity index (χ1n) is 14.1. The molecule has 4 heteroatoms. The quantitative estimate of drug-likeness (QED) is 0.0660. The van der Waals surface area contributed by atoms with Crippen LogP contribution in [0.15, 0.2) is 0 Å². The minimum absolute atomic E-state index is 0.0767. The second-order valence-corrected chi connectivity index (χ2v) is 10.5. The maximum absolute atomic E-state index is 11.9. The second kappa shape index (κ2) is 23.5. The summed E-state index contributed by atoms with van der Waals surface area (Å²) in [5, 5.41) is 8.92. The Morgan fingerprint density at radius 1 is 0.625 bits per heavy atom. The van der Waals surface area contributed by atoms with Crippen molar-refractivity contribution in [2.75, 3.05) is 34.0 Å². The number of carbonyl (C=O) groups is 1. The average Bonchev–Trinajstić information content (AvgIpc) is 2.78. The first kappa shape index (κ1) is 31.4. The molecule has 0 aliphatic heterocycles. The lowest BCUT2D eigenvalue weighted by molar-refractivity contribution is -0.907.